The van der Waals surface area contributed by atoms with Crippen LogP contribution in [0.4, 0.5) is 0 Å². The zero-order valence-electron chi connectivity index (χ0n) is 7.74. The molecule has 0 radical (unpaired) electrons. The van der Waals surface area contributed by atoms with E-state index in [4.69, 9.17) is 10.2 Å². The molecule has 5 nitrogen and oxygen atoms in total. The lowest BCUT2D eigenvalue weighted by atomic mass is 10.1. The highest BCUT2D eigenvalue weighted by Gasteiger charge is 2.20. The second-order valence-electron chi connectivity index (χ2n) is 2.82. The van der Waals surface area contributed by atoms with Gasteiger partial charge in [-0.2, -0.15) is 0 Å². The SMILES string of the molecule is Cc1c(C(=O)O)[nH]c(C(=O)O)c1/C=C/Br. The number of rotatable bonds is 3. The lowest BCUT2D eigenvalue weighted by Crippen LogP contribution is -2.01. The van der Waals surface area contributed by atoms with Gasteiger partial charge >= 0.3 is 11.9 Å². The van der Waals surface area contributed by atoms with Crippen molar-refractivity contribution in [3.63, 3.8) is 0 Å². The van der Waals surface area contributed by atoms with Crippen molar-refractivity contribution in [2.75, 3.05) is 0 Å². The molecule has 0 atom stereocenters. The maximum atomic E-state index is 10.8. The first kappa shape index (κ1) is 11.5. The number of nitrogens with one attached hydrogen (secondary N) is 1. The topological polar surface area (TPSA) is 90.4 Å². The lowest BCUT2D eigenvalue weighted by Gasteiger charge is -1.93. The molecule has 1 heterocycles. The summed E-state index contributed by atoms with van der Waals surface area (Å²) >= 11 is 3.02. The van der Waals surface area contributed by atoms with Gasteiger partial charge in [-0.15, -0.1) is 0 Å². The van der Waals surface area contributed by atoms with Gasteiger partial charge in [0.15, 0.2) is 0 Å². The Balaban J connectivity index is 3.46. The van der Waals surface area contributed by atoms with Crippen molar-refractivity contribution in [1.29, 1.82) is 0 Å². The first-order chi connectivity index (χ1) is 6.99. The maximum Gasteiger partial charge on any atom is 0.352 e. The molecule has 1 aromatic rings. The number of aromatic nitrogens is 1. The summed E-state index contributed by atoms with van der Waals surface area (Å²) in [6.07, 6.45) is 1.49. The van der Waals surface area contributed by atoms with E-state index < -0.39 is 11.9 Å². The van der Waals surface area contributed by atoms with E-state index in [1.54, 1.807) is 6.92 Å². The average Bonchev–Trinajstić information content (AvgIpc) is 2.45. The second-order valence-corrected chi connectivity index (χ2v) is 3.35. The van der Waals surface area contributed by atoms with Crippen molar-refractivity contribution in [1.82, 2.24) is 4.98 Å². The number of carboxylic acids is 2. The molecule has 0 spiro atoms. The van der Waals surface area contributed by atoms with E-state index in [2.05, 4.69) is 20.9 Å². The van der Waals surface area contributed by atoms with Crippen LogP contribution >= 0.6 is 15.9 Å². The summed E-state index contributed by atoms with van der Waals surface area (Å²) in [5.74, 6) is -2.37. The molecule has 0 saturated heterocycles. The predicted octanol–water partition coefficient (Wildman–Crippen LogP) is 2.09. The van der Waals surface area contributed by atoms with Crippen LogP contribution in [-0.4, -0.2) is 27.1 Å². The van der Waals surface area contributed by atoms with Crippen molar-refractivity contribution >= 4 is 33.9 Å². The maximum absolute atomic E-state index is 10.8. The number of carboxylic acid groups (broad SMARTS) is 2. The van der Waals surface area contributed by atoms with E-state index >= 15 is 0 Å². The number of aromatic amines is 1. The minimum atomic E-state index is -1.19. The zero-order chi connectivity index (χ0) is 11.6. The van der Waals surface area contributed by atoms with Crippen molar-refractivity contribution in [2.45, 2.75) is 6.92 Å². The van der Waals surface area contributed by atoms with Gasteiger partial charge in [0.05, 0.1) is 0 Å². The van der Waals surface area contributed by atoms with Gasteiger partial charge < -0.3 is 15.2 Å². The Morgan fingerprint density at radius 2 is 1.80 bits per heavy atom. The summed E-state index contributed by atoms with van der Waals surface area (Å²) < 4.78 is 0. The normalized spacial score (nSPS) is 10.8. The minimum Gasteiger partial charge on any atom is -0.477 e. The molecule has 15 heavy (non-hydrogen) atoms. The van der Waals surface area contributed by atoms with Crippen molar-refractivity contribution < 1.29 is 19.8 Å². The Kier molecular flexibility index (Phi) is 3.31. The molecule has 0 fully saturated rings. The molecule has 0 unspecified atom stereocenters. The molecule has 1 aromatic heterocycles. The predicted molar refractivity (Wildman–Crippen MR) is 57.4 cm³/mol. The molecule has 0 bridgehead atoms. The summed E-state index contributed by atoms with van der Waals surface area (Å²) in [5.41, 5.74) is 0.529. The molecule has 3 N–H and O–H groups in total. The largest absolute Gasteiger partial charge is 0.477 e. The number of aromatic carboxylic acids is 2. The Labute approximate surface area is 93.6 Å². The van der Waals surface area contributed by atoms with Crippen molar-refractivity contribution in [3.8, 4) is 0 Å². The van der Waals surface area contributed by atoms with Gasteiger partial charge in [-0.25, -0.2) is 9.59 Å². The number of hydrogen-bond acceptors (Lipinski definition) is 2. The molecule has 0 aliphatic carbocycles. The van der Waals surface area contributed by atoms with Gasteiger partial charge in [0, 0.05) is 5.56 Å². The number of H-pyrrole nitrogens is 1. The average molecular weight is 274 g/mol. The first-order valence-corrected chi connectivity index (χ1v) is 4.86. The first-order valence-electron chi connectivity index (χ1n) is 3.95. The van der Waals surface area contributed by atoms with Gasteiger partial charge in [0.1, 0.15) is 11.4 Å². The van der Waals surface area contributed by atoms with Crippen molar-refractivity contribution in [3.05, 3.63) is 27.5 Å². The Morgan fingerprint density at radius 1 is 1.27 bits per heavy atom. The zero-order valence-corrected chi connectivity index (χ0v) is 9.33. The second kappa shape index (κ2) is 4.31. The molecule has 0 aromatic carbocycles. The smallest absolute Gasteiger partial charge is 0.352 e. The highest BCUT2D eigenvalue weighted by atomic mass is 79.9. The highest BCUT2D eigenvalue weighted by Crippen LogP contribution is 2.20. The summed E-state index contributed by atoms with van der Waals surface area (Å²) in [5, 5.41) is 17.6. The summed E-state index contributed by atoms with van der Waals surface area (Å²) in [6, 6.07) is 0. The third-order valence-corrected chi connectivity index (χ3v) is 2.22. The van der Waals surface area contributed by atoms with E-state index in [1.807, 2.05) is 0 Å². The molecule has 6 heteroatoms. The number of halogens is 1. The lowest BCUT2D eigenvalue weighted by molar-refractivity contribution is 0.0689. The van der Waals surface area contributed by atoms with Crippen LogP contribution in [0.15, 0.2) is 4.99 Å². The van der Waals surface area contributed by atoms with Crippen LogP contribution < -0.4 is 0 Å². The molecular formula is C9H8BrNO4. The number of carbonyl (C=O) groups is 2. The Hall–Kier alpha value is -1.56. The quantitative estimate of drug-likeness (QED) is 0.787. The molecular weight excluding hydrogens is 266 g/mol. The minimum absolute atomic E-state index is 0.104. The monoisotopic (exact) mass is 273 g/mol. The van der Waals surface area contributed by atoms with Crippen LogP contribution in [0.2, 0.25) is 0 Å². The van der Waals surface area contributed by atoms with Gasteiger partial charge in [-0.3, -0.25) is 0 Å². The standard InChI is InChI=1S/C9H8BrNO4/c1-4-5(2-3-10)7(9(14)15)11-6(4)8(12)13/h2-3,11H,1H3,(H,12,13)(H,14,15)/b3-2+. The van der Waals surface area contributed by atoms with E-state index in [0.29, 0.717) is 11.1 Å². The Morgan fingerprint density at radius 3 is 2.20 bits per heavy atom. The molecule has 80 valence electrons. The summed E-state index contributed by atoms with van der Waals surface area (Å²) in [7, 11) is 0. The molecule has 0 aliphatic rings. The van der Waals surface area contributed by atoms with Crippen LogP contribution in [0.25, 0.3) is 6.08 Å². The Bertz CT molecular complexity index is 447. The van der Waals surface area contributed by atoms with E-state index in [9.17, 15) is 9.59 Å². The van der Waals surface area contributed by atoms with Gasteiger partial charge in [0.25, 0.3) is 0 Å². The summed E-state index contributed by atoms with van der Waals surface area (Å²) in [4.78, 5) is 25.4. The molecule has 0 saturated carbocycles. The molecule has 0 aliphatic heterocycles. The fraction of sp³-hybridized carbons (Fsp3) is 0.111. The van der Waals surface area contributed by atoms with E-state index in [1.165, 1.54) is 11.1 Å². The van der Waals surface area contributed by atoms with Crippen molar-refractivity contribution in [2.24, 2.45) is 0 Å². The van der Waals surface area contributed by atoms with Crippen LogP contribution in [-0.2, 0) is 0 Å². The number of hydrogen-bond donors (Lipinski definition) is 3. The van der Waals surface area contributed by atoms with Crippen LogP contribution in [0, 0.1) is 6.92 Å². The van der Waals surface area contributed by atoms with Crippen LogP contribution in [0.1, 0.15) is 32.1 Å². The third kappa shape index (κ3) is 2.10. The van der Waals surface area contributed by atoms with Gasteiger partial charge in [0.2, 0.25) is 0 Å². The van der Waals surface area contributed by atoms with Gasteiger partial charge in [-0.1, -0.05) is 15.9 Å². The highest BCUT2D eigenvalue weighted by molar-refractivity contribution is 9.11. The van der Waals surface area contributed by atoms with E-state index in [0.717, 1.165) is 0 Å². The van der Waals surface area contributed by atoms with E-state index in [-0.39, 0.29) is 11.4 Å². The molecule has 1 rings (SSSR count). The molecule has 0 amide bonds. The fourth-order valence-electron chi connectivity index (χ4n) is 1.26. The summed E-state index contributed by atoms with van der Waals surface area (Å²) in [6.45, 7) is 1.55. The fourth-order valence-corrected chi connectivity index (χ4v) is 1.53. The van der Waals surface area contributed by atoms with Crippen LogP contribution in [0.3, 0.4) is 0 Å². The third-order valence-electron chi connectivity index (χ3n) is 1.96. The van der Waals surface area contributed by atoms with Gasteiger partial charge in [-0.05, 0) is 23.5 Å². The van der Waals surface area contributed by atoms with Crippen LogP contribution in [0.5, 0.6) is 0 Å².